The minimum Gasteiger partial charge on any atom is -0.497 e. The van der Waals surface area contributed by atoms with Crippen LogP contribution >= 0.6 is 11.6 Å². The molecule has 1 aliphatic heterocycles. The molecule has 0 radical (unpaired) electrons. The first kappa shape index (κ1) is 19.5. The zero-order valence-electron chi connectivity index (χ0n) is 15.7. The molecule has 1 aliphatic rings. The number of hydrogen-bond acceptors (Lipinski definition) is 4. The second-order valence-corrected chi connectivity index (χ2v) is 7.18. The van der Waals surface area contributed by atoms with Gasteiger partial charge < -0.3 is 14.4 Å². The van der Waals surface area contributed by atoms with Gasteiger partial charge in [-0.05, 0) is 68.8 Å². The van der Waals surface area contributed by atoms with Crippen LogP contribution in [0.2, 0.25) is 5.02 Å². The van der Waals surface area contributed by atoms with Crippen molar-refractivity contribution in [1.29, 1.82) is 0 Å². The Kier molecular flexibility index (Phi) is 6.58. The molecule has 5 nitrogen and oxygen atoms in total. The van der Waals surface area contributed by atoms with Crippen LogP contribution < -0.4 is 10.1 Å². The molecular weight excluding hydrogens is 364 g/mol. The Balaban J connectivity index is 1.67. The highest BCUT2D eigenvalue weighted by atomic mass is 35.5. The first-order valence-electron chi connectivity index (χ1n) is 9.15. The molecule has 1 atom stereocenters. The highest BCUT2D eigenvalue weighted by Gasteiger charge is 2.21. The summed E-state index contributed by atoms with van der Waals surface area (Å²) in [5, 5.41) is 3.47. The van der Waals surface area contributed by atoms with E-state index in [1.807, 2.05) is 30.3 Å². The Labute approximate surface area is 165 Å². The maximum absolute atomic E-state index is 12.3. The number of ether oxygens (including phenoxy) is 2. The molecule has 27 heavy (non-hydrogen) atoms. The van der Waals surface area contributed by atoms with E-state index in [0.717, 1.165) is 24.1 Å². The van der Waals surface area contributed by atoms with Crippen LogP contribution in [0.3, 0.4) is 0 Å². The number of anilines is 1. The summed E-state index contributed by atoms with van der Waals surface area (Å²) in [6.45, 7) is 1.52. The summed E-state index contributed by atoms with van der Waals surface area (Å²) < 4.78 is 10.7. The second kappa shape index (κ2) is 9.11. The number of amides is 1. The van der Waals surface area contributed by atoms with Crippen LogP contribution in [-0.4, -0.2) is 44.3 Å². The highest BCUT2D eigenvalue weighted by Crippen LogP contribution is 2.33. The molecule has 3 rings (SSSR count). The van der Waals surface area contributed by atoms with Gasteiger partial charge in [-0.1, -0.05) is 23.7 Å². The topological polar surface area (TPSA) is 50.8 Å². The normalized spacial score (nSPS) is 16.9. The number of hydrogen-bond donors (Lipinski definition) is 1. The summed E-state index contributed by atoms with van der Waals surface area (Å²) in [6, 6.07) is 13.5. The lowest BCUT2D eigenvalue weighted by atomic mass is 10.0. The quantitative estimate of drug-likeness (QED) is 0.752. The number of carbonyl (C=O) groups is 1. The number of carbonyl (C=O) groups excluding carboxylic acids is 1. The third kappa shape index (κ3) is 5.15. The van der Waals surface area contributed by atoms with Gasteiger partial charge in [0.15, 0.2) is 0 Å². The van der Waals surface area contributed by atoms with Crippen LogP contribution in [0, 0.1) is 0 Å². The van der Waals surface area contributed by atoms with Crippen molar-refractivity contribution in [2.24, 2.45) is 0 Å². The van der Waals surface area contributed by atoms with Gasteiger partial charge in [-0.2, -0.15) is 0 Å². The molecule has 0 saturated carbocycles. The van der Waals surface area contributed by atoms with Gasteiger partial charge in [0.05, 0.1) is 19.4 Å². The Morgan fingerprint density at radius 1 is 1.30 bits per heavy atom. The summed E-state index contributed by atoms with van der Waals surface area (Å²) >= 11 is 6.12. The summed E-state index contributed by atoms with van der Waals surface area (Å²) in [4.78, 5) is 14.6. The number of nitrogens with one attached hydrogen (secondary N) is 1. The van der Waals surface area contributed by atoms with Crippen LogP contribution in [0.4, 0.5) is 10.5 Å². The van der Waals surface area contributed by atoms with Crippen LogP contribution in [0.1, 0.15) is 19.3 Å². The second-order valence-electron chi connectivity index (χ2n) is 6.75. The predicted molar refractivity (Wildman–Crippen MR) is 109 cm³/mol. The first-order valence-corrected chi connectivity index (χ1v) is 9.52. The fraction of sp³-hybridized carbons (Fsp3) is 0.381. The molecule has 2 aromatic carbocycles. The van der Waals surface area contributed by atoms with Crippen LogP contribution in [-0.2, 0) is 4.74 Å². The lowest BCUT2D eigenvalue weighted by Gasteiger charge is -2.19. The molecule has 1 saturated heterocycles. The lowest BCUT2D eigenvalue weighted by molar-refractivity contribution is 0.147. The first-order chi connectivity index (χ1) is 13.1. The standard InChI is InChI=1S/C21H25ClN2O3/c1-24-11-4-7-17(24)10-12-27-21(25)23-20-9-8-18(26-2)14-19(20)15-5-3-6-16(22)13-15/h3,5-6,8-9,13-14,17H,4,7,10-12H2,1-2H3,(H,23,25). The van der Waals surface area contributed by atoms with Crippen molar-refractivity contribution >= 4 is 23.4 Å². The predicted octanol–water partition coefficient (Wildman–Crippen LogP) is 5.05. The third-order valence-electron chi connectivity index (χ3n) is 4.95. The number of rotatable bonds is 6. The fourth-order valence-electron chi connectivity index (χ4n) is 3.43. The van der Waals surface area contributed by atoms with Gasteiger partial charge in [0, 0.05) is 16.6 Å². The van der Waals surface area contributed by atoms with Crippen molar-refractivity contribution in [1.82, 2.24) is 4.90 Å². The van der Waals surface area contributed by atoms with E-state index in [0.29, 0.717) is 29.1 Å². The molecule has 0 aromatic heterocycles. The minimum absolute atomic E-state index is 0.406. The minimum atomic E-state index is -0.455. The van der Waals surface area contributed by atoms with Gasteiger partial charge in [0.25, 0.3) is 0 Å². The maximum atomic E-state index is 12.3. The van der Waals surface area contributed by atoms with E-state index >= 15 is 0 Å². The average Bonchev–Trinajstić information content (AvgIpc) is 3.07. The molecule has 1 N–H and O–H groups in total. The Morgan fingerprint density at radius 2 is 2.15 bits per heavy atom. The number of benzene rings is 2. The van der Waals surface area contributed by atoms with E-state index in [1.54, 1.807) is 19.2 Å². The molecule has 1 heterocycles. The average molecular weight is 389 g/mol. The van der Waals surface area contributed by atoms with E-state index in [4.69, 9.17) is 21.1 Å². The van der Waals surface area contributed by atoms with E-state index in [2.05, 4.69) is 17.3 Å². The SMILES string of the molecule is COc1ccc(NC(=O)OCCC2CCCN2C)c(-c2cccc(Cl)c2)c1. The van der Waals surface area contributed by atoms with Gasteiger partial charge in [0.2, 0.25) is 0 Å². The van der Waals surface area contributed by atoms with Gasteiger partial charge in [-0.3, -0.25) is 5.32 Å². The molecule has 1 unspecified atom stereocenters. The molecule has 0 spiro atoms. The van der Waals surface area contributed by atoms with Gasteiger partial charge >= 0.3 is 6.09 Å². The third-order valence-corrected chi connectivity index (χ3v) is 5.19. The summed E-state index contributed by atoms with van der Waals surface area (Å²) in [7, 11) is 3.73. The molecule has 2 aromatic rings. The molecular formula is C21H25ClN2O3. The van der Waals surface area contributed by atoms with Crippen molar-refractivity contribution in [2.75, 3.05) is 32.6 Å². The van der Waals surface area contributed by atoms with Crippen molar-refractivity contribution in [3.05, 3.63) is 47.5 Å². The van der Waals surface area contributed by atoms with Crippen molar-refractivity contribution in [2.45, 2.75) is 25.3 Å². The summed E-state index contributed by atoms with van der Waals surface area (Å²) in [6.07, 6.45) is 2.78. The molecule has 0 bridgehead atoms. The van der Waals surface area contributed by atoms with E-state index < -0.39 is 6.09 Å². The molecule has 1 amide bonds. The van der Waals surface area contributed by atoms with Crippen molar-refractivity contribution in [3.63, 3.8) is 0 Å². The Morgan fingerprint density at radius 3 is 2.85 bits per heavy atom. The number of nitrogens with zero attached hydrogens (tertiary/aromatic N) is 1. The Hall–Kier alpha value is -2.24. The van der Waals surface area contributed by atoms with Crippen molar-refractivity contribution in [3.8, 4) is 16.9 Å². The lowest BCUT2D eigenvalue weighted by Crippen LogP contribution is -2.27. The maximum Gasteiger partial charge on any atom is 0.411 e. The molecule has 1 fully saturated rings. The largest absolute Gasteiger partial charge is 0.497 e. The monoisotopic (exact) mass is 388 g/mol. The summed E-state index contributed by atoms with van der Waals surface area (Å²) in [5.74, 6) is 0.702. The van der Waals surface area contributed by atoms with Gasteiger partial charge in [0.1, 0.15) is 5.75 Å². The van der Waals surface area contributed by atoms with Crippen LogP contribution in [0.15, 0.2) is 42.5 Å². The Bertz CT molecular complexity index is 797. The van der Waals surface area contributed by atoms with E-state index in [9.17, 15) is 4.79 Å². The van der Waals surface area contributed by atoms with Gasteiger partial charge in [-0.25, -0.2) is 4.79 Å². The highest BCUT2D eigenvalue weighted by molar-refractivity contribution is 6.30. The molecule has 144 valence electrons. The van der Waals surface area contributed by atoms with Crippen LogP contribution in [0.25, 0.3) is 11.1 Å². The van der Waals surface area contributed by atoms with E-state index in [-0.39, 0.29) is 0 Å². The van der Waals surface area contributed by atoms with E-state index in [1.165, 1.54) is 12.8 Å². The van der Waals surface area contributed by atoms with Crippen molar-refractivity contribution < 1.29 is 14.3 Å². The molecule has 6 heteroatoms. The number of methoxy groups -OCH3 is 1. The fourth-order valence-corrected chi connectivity index (χ4v) is 3.62. The number of halogens is 1. The zero-order valence-corrected chi connectivity index (χ0v) is 16.5. The van der Waals surface area contributed by atoms with Gasteiger partial charge in [-0.15, -0.1) is 0 Å². The smallest absolute Gasteiger partial charge is 0.411 e. The zero-order chi connectivity index (χ0) is 19.2. The van der Waals surface area contributed by atoms with Crippen LogP contribution in [0.5, 0.6) is 5.75 Å². The molecule has 0 aliphatic carbocycles. The number of likely N-dealkylation sites (tertiary alicyclic amines) is 1. The summed E-state index contributed by atoms with van der Waals surface area (Å²) in [5.41, 5.74) is 2.37.